The van der Waals surface area contributed by atoms with Crippen LogP contribution in [0.25, 0.3) is 0 Å². The Kier molecular flexibility index (Phi) is 5.23. The van der Waals surface area contributed by atoms with Gasteiger partial charge in [0.1, 0.15) is 0 Å². The highest BCUT2D eigenvalue weighted by Crippen LogP contribution is 2.18. The van der Waals surface area contributed by atoms with Crippen LogP contribution >= 0.6 is 0 Å². The van der Waals surface area contributed by atoms with E-state index in [1.54, 1.807) is 0 Å². The predicted molar refractivity (Wildman–Crippen MR) is 82.9 cm³/mol. The van der Waals surface area contributed by atoms with Gasteiger partial charge in [-0.05, 0) is 44.1 Å². The van der Waals surface area contributed by atoms with E-state index in [1.165, 1.54) is 30.9 Å². The van der Waals surface area contributed by atoms with Crippen molar-refractivity contribution in [2.45, 2.75) is 13.8 Å². The summed E-state index contributed by atoms with van der Waals surface area (Å²) in [6.45, 7) is 11.5. The van der Waals surface area contributed by atoms with Gasteiger partial charge in [0.05, 0.1) is 0 Å². The molecule has 0 amide bonds. The molecule has 1 heterocycles. The maximum Gasteiger partial charge on any atom is 0.0369 e. The third-order valence-electron chi connectivity index (χ3n) is 3.86. The number of rotatable bonds is 5. The summed E-state index contributed by atoms with van der Waals surface area (Å²) in [4.78, 5) is 5.10. The quantitative estimate of drug-likeness (QED) is 0.874. The third-order valence-corrected chi connectivity index (χ3v) is 3.86. The van der Waals surface area contributed by atoms with Crippen LogP contribution < -0.4 is 10.2 Å². The molecule has 1 aromatic rings. The van der Waals surface area contributed by atoms with Gasteiger partial charge in [-0.1, -0.05) is 19.1 Å². The Morgan fingerprint density at radius 1 is 1.21 bits per heavy atom. The summed E-state index contributed by atoms with van der Waals surface area (Å²) in [6.07, 6.45) is 0. The van der Waals surface area contributed by atoms with Gasteiger partial charge in [-0.3, -0.25) is 4.90 Å². The molecule has 1 aliphatic rings. The lowest BCUT2D eigenvalue weighted by atomic mass is 10.1. The molecule has 0 radical (unpaired) electrons. The number of hydrogen-bond donors (Lipinski definition) is 1. The average Bonchev–Trinajstić information content (AvgIpc) is 2.40. The summed E-state index contributed by atoms with van der Waals surface area (Å²) in [6, 6.07) is 8.84. The van der Waals surface area contributed by atoms with E-state index < -0.39 is 0 Å². The average molecular weight is 261 g/mol. The minimum absolute atomic E-state index is 0.732. The summed E-state index contributed by atoms with van der Waals surface area (Å²) in [5, 5.41) is 3.26. The van der Waals surface area contributed by atoms with Crippen LogP contribution in [0.5, 0.6) is 0 Å². The van der Waals surface area contributed by atoms with Gasteiger partial charge in [0.25, 0.3) is 0 Å². The van der Waals surface area contributed by atoms with Crippen LogP contribution in [-0.2, 0) is 0 Å². The van der Waals surface area contributed by atoms with Crippen molar-refractivity contribution in [2.24, 2.45) is 5.92 Å². The van der Waals surface area contributed by atoms with Crippen molar-refractivity contribution in [1.82, 2.24) is 10.2 Å². The topological polar surface area (TPSA) is 18.5 Å². The van der Waals surface area contributed by atoms with Crippen molar-refractivity contribution in [3.63, 3.8) is 0 Å². The van der Waals surface area contributed by atoms with Crippen molar-refractivity contribution in [2.75, 3.05) is 51.2 Å². The van der Waals surface area contributed by atoms with E-state index >= 15 is 0 Å². The number of aryl methyl sites for hydroxylation is 1. The van der Waals surface area contributed by atoms with Gasteiger partial charge < -0.3 is 10.2 Å². The normalized spacial score (nSPS) is 18.6. The van der Waals surface area contributed by atoms with Crippen molar-refractivity contribution < 1.29 is 0 Å². The molecule has 0 spiro atoms. The maximum atomic E-state index is 3.26. The molecule has 0 aliphatic carbocycles. The van der Waals surface area contributed by atoms with Gasteiger partial charge in [0.15, 0.2) is 0 Å². The van der Waals surface area contributed by atoms with E-state index in [1.807, 2.05) is 7.05 Å². The summed E-state index contributed by atoms with van der Waals surface area (Å²) in [5.74, 6) is 0.732. The van der Waals surface area contributed by atoms with E-state index in [0.29, 0.717) is 0 Å². The molecule has 3 nitrogen and oxygen atoms in total. The molecule has 1 N–H and O–H groups in total. The number of nitrogens with one attached hydrogen (secondary N) is 1. The number of piperazine rings is 1. The maximum absolute atomic E-state index is 3.26. The Morgan fingerprint density at radius 3 is 2.58 bits per heavy atom. The van der Waals surface area contributed by atoms with E-state index in [9.17, 15) is 0 Å². The van der Waals surface area contributed by atoms with Crippen LogP contribution in [0.2, 0.25) is 0 Å². The number of benzene rings is 1. The van der Waals surface area contributed by atoms with Gasteiger partial charge in [0.2, 0.25) is 0 Å². The molecule has 1 atom stereocenters. The van der Waals surface area contributed by atoms with Gasteiger partial charge in [-0.25, -0.2) is 0 Å². The molecule has 0 bridgehead atoms. The fourth-order valence-corrected chi connectivity index (χ4v) is 2.87. The SMILES string of the molecule is CNCC(C)CN1CCN(c2cccc(C)c2)CC1. The molecule has 1 aliphatic heterocycles. The molecule has 0 aromatic heterocycles. The second kappa shape index (κ2) is 6.92. The first-order valence-electron chi connectivity index (χ1n) is 7.37. The van der Waals surface area contributed by atoms with Crippen LogP contribution in [0.3, 0.4) is 0 Å². The fourth-order valence-electron chi connectivity index (χ4n) is 2.87. The Morgan fingerprint density at radius 2 is 1.95 bits per heavy atom. The van der Waals surface area contributed by atoms with E-state index in [2.05, 4.69) is 53.2 Å². The van der Waals surface area contributed by atoms with E-state index in [0.717, 1.165) is 25.6 Å². The predicted octanol–water partition coefficient (Wildman–Crippen LogP) is 1.97. The zero-order valence-corrected chi connectivity index (χ0v) is 12.5. The van der Waals surface area contributed by atoms with Gasteiger partial charge in [0, 0.05) is 38.4 Å². The minimum atomic E-state index is 0.732. The van der Waals surface area contributed by atoms with Gasteiger partial charge in [-0.2, -0.15) is 0 Å². The van der Waals surface area contributed by atoms with E-state index in [-0.39, 0.29) is 0 Å². The molecule has 19 heavy (non-hydrogen) atoms. The van der Waals surface area contributed by atoms with Crippen molar-refractivity contribution >= 4 is 5.69 Å². The molecule has 1 fully saturated rings. The summed E-state index contributed by atoms with van der Waals surface area (Å²) in [5.41, 5.74) is 2.73. The molecule has 0 saturated carbocycles. The van der Waals surface area contributed by atoms with Crippen LogP contribution in [0.4, 0.5) is 5.69 Å². The highest BCUT2D eigenvalue weighted by molar-refractivity contribution is 5.48. The highest BCUT2D eigenvalue weighted by atomic mass is 15.3. The van der Waals surface area contributed by atoms with Crippen LogP contribution in [0, 0.1) is 12.8 Å². The smallest absolute Gasteiger partial charge is 0.0369 e. The molecule has 2 rings (SSSR count). The summed E-state index contributed by atoms with van der Waals surface area (Å²) >= 11 is 0. The van der Waals surface area contributed by atoms with Crippen LogP contribution in [0.15, 0.2) is 24.3 Å². The highest BCUT2D eigenvalue weighted by Gasteiger charge is 2.18. The lowest BCUT2D eigenvalue weighted by Crippen LogP contribution is -2.48. The lowest BCUT2D eigenvalue weighted by molar-refractivity contribution is 0.224. The molecule has 1 saturated heterocycles. The Bertz CT molecular complexity index is 383. The summed E-state index contributed by atoms with van der Waals surface area (Å²) in [7, 11) is 2.03. The first kappa shape index (κ1) is 14.4. The zero-order chi connectivity index (χ0) is 13.7. The lowest BCUT2D eigenvalue weighted by Gasteiger charge is -2.37. The molecule has 3 heteroatoms. The number of hydrogen-bond acceptors (Lipinski definition) is 3. The van der Waals surface area contributed by atoms with Crippen LogP contribution in [-0.4, -0.2) is 51.2 Å². The standard InChI is InChI=1S/C16H27N3/c1-14-5-4-6-16(11-14)19-9-7-18(8-10-19)13-15(2)12-17-3/h4-6,11,15,17H,7-10,12-13H2,1-3H3. The van der Waals surface area contributed by atoms with Crippen molar-refractivity contribution in [3.8, 4) is 0 Å². The number of anilines is 1. The summed E-state index contributed by atoms with van der Waals surface area (Å²) < 4.78 is 0. The first-order chi connectivity index (χ1) is 9.19. The largest absolute Gasteiger partial charge is 0.369 e. The Labute approximate surface area is 117 Å². The van der Waals surface area contributed by atoms with Crippen molar-refractivity contribution in [1.29, 1.82) is 0 Å². The Balaban J connectivity index is 1.82. The number of nitrogens with zero attached hydrogens (tertiary/aromatic N) is 2. The van der Waals surface area contributed by atoms with E-state index in [4.69, 9.17) is 0 Å². The molecule has 1 unspecified atom stereocenters. The second-order valence-corrected chi connectivity index (χ2v) is 5.79. The Hall–Kier alpha value is -1.06. The molecular weight excluding hydrogens is 234 g/mol. The fraction of sp³-hybridized carbons (Fsp3) is 0.625. The molecule has 1 aromatic carbocycles. The third kappa shape index (κ3) is 4.22. The molecular formula is C16H27N3. The second-order valence-electron chi connectivity index (χ2n) is 5.79. The van der Waals surface area contributed by atoms with Crippen molar-refractivity contribution in [3.05, 3.63) is 29.8 Å². The monoisotopic (exact) mass is 261 g/mol. The minimum Gasteiger partial charge on any atom is -0.369 e. The van der Waals surface area contributed by atoms with Gasteiger partial charge >= 0.3 is 0 Å². The zero-order valence-electron chi connectivity index (χ0n) is 12.5. The van der Waals surface area contributed by atoms with Crippen LogP contribution in [0.1, 0.15) is 12.5 Å². The first-order valence-corrected chi connectivity index (χ1v) is 7.37. The van der Waals surface area contributed by atoms with Gasteiger partial charge in [-0.15, -0.1) is 0 Å². The molecule has 106 valence electrons.